The summed E-state index contributed by atoms with van der Waals surface area (Å²) in [5, 5.41) is 0. The molecule has 9 heteroatoms. The third-order valence-electron chi connectivity index (χ3n) is 2.53. The molecule has 0 fully saturated rings. The van der Waals surface area contributed by atoms with Crippen LogP contribution in [0.3, 0.4) is 0 Å². The lowest BCUT2D eigenvalue weighted by Crippen LogP contribution is -2.04. The third kappa shape index (κ3) is 3.31. The van der Waals surface area contributed by atoms with Gasteiger partial charge in [-0.2, -0.15) is 0 Å². The van der Waals surface area contributed by atoms with Gasteiger partial charge in [0, 0.05) is 36.2 Å². The summed E-state index contributed by atoms with van der Waals surface area (Å²) in [6.45, 7) is 0.120. The number of hydrogen-bond donors (Lipinski definition) is 0. The van der Waals surface area contributed by atoms with Gasteiger partial charge in [0.1, 0.15) is 28.9 Å². The predicted molar refractivity (Wildman–Crippen MR) is 74.7 cm³/mol. The van der Waals surface area contributed by atoms with Crippen molar-refractivity contribution in [2.45, 2.75) is 11.5 Å². The first-order chi connectivity index (χ1) is 9.29. The van der Waals surface area contributed by atoms with Gasteiger partial charge in [0.2, 0.25) is 0 Å². The van der Waals surface area contributed by atoms with Crippen molar-refractivity contribution in [3.63, 3.8) is 0 Å². The van der Waals surface area contributed by atoms with Crippen molar-refractivity contribution in [3.05, 3.63) is 40.6 Å². The number of aromatic nitrogens is 2. The SMILES string of the molecule is Cn1ccnc1COc1cc(F)c(S(=O)(=O)Cl)cc1Br. The average Bonchev–Trinajstić information content (AvgIpc) is 2.74. The molecular weight excluding hydrogens is 375 g/mol. The molecule has 0 aliphatic carbocycles. The van der Waals surface area contributed by atoms with Crippen LogP contribution >= 0.6 is 26.6 Å². The molecule has 2 aromatic rings. The first-order valence-corrected chi connectivity index (χ1v) is 8.42. The van der Waals surface area contributed by atoms with Crippen molar-refractivity contribution in [1.29, 1.82) is 0 Å². The fourth-order valence-electron chi connectivity index (χ4n) is 1.49. The monoisotopic (exact) mass is 382 g/mol. The van der Waals surface area contributed by atoms with Gasteiger partial charge in [0.15, 0.2) is 0 Å². The second-order valence-corrected chi connectivity index (χ2v) is 7.28. The van der Waals surface area contributed by atoms with Gasteiger partial charge in [-0.1, -0.05) is 0 Å². The molecule has 5 nitrogen and oxygen atoms in total. The van der Waals surface area contributed by atoms with E-state index in [-0.39, 0.29) is 16.8 Å². The van der Waals surface area contributed by atoms with Crippen LogP contribution < -0.4 is 4.74 Å². The maximum Gasteiger partial charge on any atom is 0.264 e. The van der Waals surface area contributed by atoms with E-state index >= 15 is 0 Å². The summed E-state index contributed by atoms with van der Waals surface area (Å²) < 4.78 is 43.4. The minimum Gasteiger partial charge on any atom is -0.484 e. The Kier molecular flexibility index (Phi) is 4.36. The van der Waals surface area contributed by atoms with Crippen LogP contribution in [0.2, 0.25) is 0 Å². The van der Waals surface area contributed by atoms with Crippen LogP contribution in [-0.2, 0) is 22.7 Å². The van der Waals surface area contributed by atoms with E-state index in [4.69, 9.17) is 15.4 Å². The summed E-state index contributed by atoms with van der Waals surface area (Å²) in [6, 6.07) is 2.02. The molecule has 108 valence electrons. The first-order valence-electron chi connectivity index (χ1n) is 5.31. The van der Waals surface area contributed by atoms with Crippen molar-refractivity contribution in [1.82, 2.24) is 9.55 Å². The van der Waals surface area contributed by atoms with E-state index in [9.17, 15) is 12.8 Å². The van der Waals surface area contributed by atoms with Gasteiger partial charge in [0.25, 0.3) is 9.05 Å². The van der Waals surface area contributed by atoms with E-state index < -0.39 is 19.8 Å². The highest BCUT2D eigenvalue weighted by atomic mass is 79.9. The predicted octanol–water partition coefficient (Wildman–Crippen LogP) is 2.83. The zero-order valence-electron chi connectivity index (χ0n) is 10.2. The van der Waals surface area contributed by atoms with Gasteiger partial charge in [-0.3, -0.25) is 0 Å². The van der Waals surface area contributed by atoms with Crippen molar-refractivity contribution < 1.29 is 17.5 Å². The Hall–Kier alpha value is -1.12. The van der Waals surface area contributed by atoms with Crippen LogP contribution in [0.15, 0.2) is 33.9 Å². The first kappa shape index (κ1) is 15.3. The molecule has 2 rings (SSSR count). The lowest BCUT2D eigenvalue weighted by molar-refractivity contribution is 0.288. The Morgan fingerprint density at radius 3 is 2.75 bits per heavy atom. The zero-order chi connectivity index (χ0) is 14.9. The largest absolute Gasteiger partial charge is 0.484 e. The molecule has 0 spiro atoms. The van der Waals surface area contributed by atoms with E-state index in [2.05, 4.69) is 20.9 Å². The molecule has 0 saturated heterocycles. The number of nitrogens with zero attached hydrogens (tertiary/aromatic N) is 2. The third-order valence-corrected chi connectivity index (χ3v) is 4.48. The number of rotatable bonds is 4. The Labute approximate surface area is 127 Å². The normalized spacial score (nSPS) is 11.6. The smallest absolute Gasteiger partial charge is 0.264 e. The Balaban J connectivity index is 2.26. The van der Waals surface area contributed by atoms with Crippen LogP contribution in [0.25, 0.3) is 0 Å². The molecule has 0 radical (unpaired) electrons. The van der Waals surface area contributed by atoms with Crippen LogP contribution in [0.4, 0.5) is 4.39 Å². The minimum atomic E-state index is -4.14. The van der Waals surface area contributed by atoms with Gasteiger partial charge < -0.3 is 9.30 Å². The number of hydrogen-bond acceptors (Lipinski definition) is 4. The molecule has 0 saturated carbocycles. The summed E-state index contributed by atoms with van der Waals surface area (Å²) in [6.07, 6.45) is 3.36. The number of aryl methyl sites for hydroxylation is 1. The fraction of sp³-hybridized carbons (Fsp3) is 0.182. The molecule has 0 N–H and O–H groups in total. The summed E-state index contributed by atoms with van der Waals surface area (Å²) in [5.41, 5.74) is 0. The maximum absolute atomic E-state index is 13.7. The second kappa shape index (κ2) is 5.71. The molecule has 0 amide bonds. The molecule has 0 aliphatic heterocycles. The fourth-order valence-corrected chi connectivity index (χ4v) is 3.00. The van der Waals surface area contributed by atoms with Crippen LogP contribution in [0, 0.1) is 5.82 Å². The van der Waals surface area contributed by atoms with Gasteiger partial charge in [-0.25, -0.2) is 17.8 Å². The van der Waals surface area contributed by atoms with Crippen molar-refractivity contribution in [2.24, 2.45) is 7.05 Å². The van der Waals surface area contributed by atoms with E-state index in [1.165, 1.54) is 0 Å². The number of halogens is 3. The molecule has 1 heterocycles. The Bertz CT molecular complexity index is 748. The van der Waals surface area contributed by atoms with Crippen molar-refractivity contribution in [3.8, 4) is 5.75 Å². The van der Waals surface area contributed by atoms with Crippen LogP contribution in [-0.4, -0.2) is 18.0 Å². The van der Waals surface area contributed by atoms with E-state index in [1.807, 2.05) is 0 Å². The van der Waals surface area contributed by atoms with Gasteiger partial charge in [-0.15, -0.1) is 0 Å². The van der Waals surface area contributed by atoms with E-state index in [0.29, 0.717) is 5.82 Å². The molecule has 1 aromatic carbocycles. The molecule has 0 unspecified atom stereocenters. The molecule has 1 aromatic heterocycles. The number of benzene rings is 1. The Morgan fingerprint density at radius 2 is 2.20 bits per heavy atom. The summed E-state index contributed by atoms with van der Waals surface area (Å²) in [5.74, 6) is -0.168. The zero-order valence-corrected chi connectivity index (χ0v) is 13.3. The summed E-state index contributed by atoms with van der Waals surface area (Å²) in [4.78, 5) is 3.45. The Morgan fingerprint density at radius 1 is 1.50 bits per heavy atom. The lowest BCUT2D eigenvalue weighted by Gasteiger charge is -2.09. The minimum absolute atomic E-state index is 0.120. The van der Waals surface area contributed by atoms with Gasteiger partial charge in [-0.05, 0) is 22.0 Å². The highest BCUT2D eigenvalue weighted by molar-refractivity contribution is 9.10. The van der Waals surface area contributed by atoms with Crippen molar-refractivity contribution >= 4 is 35.7 Å². The molecule has 0 bridgehead atoms. The maximum atomic E-state index is 13.7. The van der Waals surface area contributed by atoms with Gasteiger partial charge in [0.05, 0.1) is 4.47 Å². The second-order valence-electron chi connectivity index (χ2n) is 3.89. The average molecular weight is 384 g/mol. The lowest BCUT2D eigenvalue weighted by atomic mass is 10.3. The van der Waals surface area contributed by atoms with Crippen LogP contribution in [0.5, 0.6) is 5.75 Å². The molecule has 20 heavy (non-hydrogen) atoms. The molecular formula is C11H9BrClFN2O3S. The van der Waals surface area contributed by atoms with Gasteiger partial charge >= 0.3 is 0 Å². The number of imidazole rings is 1. The molecule has 0 atom stereocenters. The van der Waals surface area contributed by atoms with Crippen molar-refractivity contribution in [2.75, 3.05) is 0 Å². The van der Waals surface area contributed by atoms with E-state index in [0.717, 1.165) is 12.1 Å². The van der Waals surface area contributed by atoms with E-state index in [1.54, 1.807) is 24.0 Å². The standard InChI is InChI=1S/C11H9BrClFN2O3S/c1-16-3-2-15-11(16)6-19-9-5-8(14)10(4-7(9)12)20(13,17)18/h2-5H,6H2,1H3. The highest BCUT2D eigenvalue weighted by Gasteiger charge is 2.19. The topological polar surface area (TPSA) is 61.2 Å². The summed E-state index contributed by atoms with van der Waals surface area (Å²) in [7, 11) is 2.78. The number of ether oxygens (including phenoxy) is 1. The summed E-state index contributed by atoms with van der Waals surface area (Å²) >= 11 is 3.11. The molecule has 0 aliphatic rings. The highest BCUT2D eigenvalue weighted by Crippen LogP contribution is 2.32. The van der Waals surface area contributed by atoms with Crippen LogP contribution in [0.1, 0.15) is 5.82 Å². The quantitative estimate of drug-likeness (QED) is 0.762.